The standard InChI is InChI=1S/C21H25F3N6O/c1-14(31)26-15-7-11-29(12-8-15)20-28-27-19(30(20)10-4-9-21(22,23)24)17-13-25-18-6-3-2-5-16(17)18/h2-3,5-6,13,15,25H,4,7-12H2,1H3,(H,26,31). The van der Waals surface area contributed by atoms with Gasteiger partial charge in [0.1, 0.15) is 0 Å². The zero-order chi connectivity index (χ0) is 22.0. The van der Waals surface area contributed by atoms with Gasteiger partial charge in [-0.3, -0.25) is 9.36 Å². The number of nitrogens with zero attached hydrogens (tertiary/aromatic N) is 4. The minimum absolute atomic E-state index is 0.0494. The Hall–Kier alpha value is -3.04. The number of rotatable bonds is 6. The van der Waals surface area contributed by atoms with Crippen LogP contribution in [0, 0.1) is 0 Å². The summed E-state index contributed by atoms with van der Waals surface area (Å²) < 4.78 is 40.1. The van der Waals surface area contributed by atoms with Crippen LogP contribution in [0.1, 0.15) is 32.6 Å². The number of hydrogen-bond donors (Lipinski definition) is 2. The Bertz CT molecular complexity index is 1050. The Morgan fingerprint density at radius 2 is 1.97 bits per heavy atom. The quantitative estimate of drug-likeness (QED) is 0.617. The molecule has 10 heteroatoms. The number of nitrogens with one attached hydrogen (secondary N) is 2. The number of anilines is 1. The summed E-state index contributed by atoms with van der Waals surface area (Å²) in [4.78, 5) is 16.5. The van der Waals surface area contributed by atoms with Crippen molar-refractivity contribution in [1.82, 2.24) is 25.1 Å². The van der Waals surface area contributed by atoms with Crippen molar-refractivity contribution in [3.05, 3.63) is 30.5 Å². The number of carbonyl (C=O) groups is 1. The van der Waals surface area contributed by atoms with Gasteiger partial charge in [0.15, 0.2) is 5.82 Å². The zero-order valence-corrected chi connectivity index (χ0v) is 17.2. The lowest BCUT2D eigenvalue weighted by atomic mass is 10.1. The molecule has 4 rings (SSSR count). The van der Waals surface area contributed by atoms with Crippen molar-refractivity contribution in [2.45, 2.75) is 51.4 Å². The number of aromatic amines is 1. The molecule has 1 amide bonds. The van der Waals surface area contributed by atoms with Crippen molar-refractivity contribution in [2.75, 3.05) is 18.0 Å². The minimum Gasteiger partial charge on any atom is -0.360 e. The van der Waals surface area contributed by atoms with Crippen molar-refractivity contribution >= 4 is 22.8 Å². The summed E-state index contributed by atoms with van der Waals surface area (Å²) >= 11 is 0. The molecule has 0 radical (unpaired) electrons. The first kappa shape index (κ1) is 21.2. The van der Waals surface area contributed by atoms with Gasteiger partial charge in [0.2, 0.25) is 11.9 Å². The molecular formula is C21H25F3N6O. The van der Waals surface area contributed by atoms with Gasteiger partial charge in [-0.05, 0) is 25.3 Å². The van der Waals surface area contributed by atoms with Crippen LogP contribution >= 0.6 is 0 Å². The van der Waals surface area contributed by atoms with E-state index in [0.717, 1.165) is 29.3 Å². The molecule has 1 fully saturated rings. The number of para-hydroxylation sites is 1. The van der Waals surface area contributed by atoms with Crippen molar-refractivity contribution in [2.24, 2.45) is 0 Å². The number of benzene rings is 1. The minimum atomic E-state index is -4.20. The SMILES string of the molecule is CC(=O)NC1CCN(c2nnc(-c3c[nH]c4ccccc34)n2CCCC(F)(F)F)CC1. The fourth-order valence-electron chi connectivity index (χ4n) is 4.14. The maximum absolute atomic E-state index is 12.8. The van der Waals surface area contributed by atoms with Gasteiger partial charge in [-0.2, -0.15) is 13.2 Å². The summed E-state index contributed by atoms with van der Waals surface area (Å²) in [6, 6.07) is 7.83. The fourth-order valence-corrected chi connectivity index (χ4v) is 4.14. The highest BCUT2D eigenvalue weighted by Crippen LogP contribution is 2.31. The Kier molecular flexibility index (Phi) is 5.88. The monoisotopic (exact) mass is 434 g/mol. The number of carbonyl (C=O) groups excluding carboxylic acids is 1. The maximum Gasteiger partial charge on any atom is 0.389 e. The maximum atomic E-state index is 12.8. The van der Waals surface area contributed by atoms with Gasteiger partial charge < -0.3 is 15.2 Å². The average Bonchev–Trinajstić information content (AvgIpc) is 3.31. The number of H-pyrrole nitrogens is 1. The largest absolute Gasteiger partial charge is 0.389 e. The lowest BCUT2D eigenvalue weighted by molar-refractivity contribution is -0.135. The van der Waals surface area contributed by atoms with Crippen LogP contribution < -0.4 is 10.2 Å². The molecule has 0 aliphatic carbocycles. The zero-order valence-electron chi connectivity index (χ0n) is 17.2. The molecule has 1 aliphatic heterocycles. The number of halogens is 3. The number of alkyl halides is 3. The van der Waals surface area contributed by atoms with Crippen LogP contribution in [-0.2, 0) is 11.3 Å². The van der Waals surface area contributed by atoms with Crippen molar-refractivity contribution < 1.29 is 18.0 Å². The van der Waals surface area contributed by atoms with Gasteiger partial charge >= 0.3 is 6.18 Å². The van der Waals surface area contributed by atoms with Crippen molar-refractivity contribution in [3.8, 4) is 11.4 Å². The van der Waals surface area contributed by atoms with E-state index >= 15 is 0 Å². The number of hydrogen-bond acceptors (Lipinski definition) is 4. The highest BCUT2D eigenvalue weighted by Gasteiger charge is 2.29. The topological polar surface area (TPSA) is 78.8 Å². The first-order chi connectivity index (χ1) is 14.8. The van der Waals surface area contributed by atoms with E-state index in [4.69, 9.17) is 0 Å². The first-order valence-electron chi connectivity index (χ1n) is 10.4. The van der Waals surface area contributed by atoms with Crippen LogP contribution in [0.5, 0.6) is 0 Å². The molecule has 166 valence electrons. The van der Waals surface area contributed by atoms with Crippen molar-refractivity contribution in [1.29, 1.82) is 0 Å². The third-order valence-electron chi connectivity index (χ3n) is 5.59. The highest BCUT2D eigenvalue weighted by atomic mass is 19.4. The van der Waals surface area contributed by atoms with Crippen LogP contribution in [0.25, 0.3) is 22.3 Å². The van der Waals surface area contributed by atoms with Gasteiger partial charge in [-0.15, -0.1) is 10.2 Å². The molecule has 2 N–H and O–H groups in total. The molecule has 0 atom stereocenters. The summed E-state index contributed by atoms with van der Waals surface area (Å²) in [5, 5.41) is 12.6. The summed E-state index contributed by atoms with van der Waals surface area (Å²) in [6.07, 6.45) is -1.79. The van der Waals surface area contributed by atoms with Crippen LogP contribution in [0.4, 0.5) is 19.1 Å². The second-order valence-corrected chi connectivity index (χ2v) is 7.90. The Balaban J connectivity index is 1.62. The Morgan fingerprint density at radius 1 is 1.23 bits per heavy atom. The molecule has 1 saturated heterocycles. The molecule has 0 spiro atoms. The van der Waals surface area contributed by atoms with Gasteiger partial charge in [0, 0.05) is 61.7 Å². The smallest absolute Gasteiger partial charge is 0.360 e. The second kappa shape index (κ2) is 8.60. The third-order valence-corrected chi connectivity index (χ3v) is 5.59. The van der Waals surface area contributed by atoms with Crippen LogP contribution in [-0.4, -0.2) is 51.0 Å². The lowest BCUT2D eigenvalue weighted by Crippen LogP contribution is -2.44. The number of amides is 1. The molecule has 1 aliphatic rings. The van der Waals surface area contributed by atoms with Crippen LogP contribution in [0.3, 0.4) is 0 Å². The van der Waals surface area contributed by atoms with Gasteiger partial charge in [0.25, 0.3) is 0 Å². The molecule has 2 aromatic heterocycles. The number of aromatic nitrogens is 4. The molecule has 0 bridgehead atoms. The Morgan fingerprint density at radius 3 is 2.68 bits per heavy atom. The van der Waals surface area contributed by atoms with E-state index in [1.54, 1.807) is 4.57 Å². The predicted octanol–water partition coefficient (Wildman–Crippen LogP) is 3.87. The molecule has 3 heterocycles. The molecule has 1 aromatic carbocycles. The number of piperidine rings is 1. The molecule has 0 unspecified atom stereocenters. The predicted molar refractivity (Wildman–Crippen MR) is 112 cm³/mol. The lowest BCUT2D eigenvalue weighted by Gasteiger charge is -2.33. The molecule has 3 aromatic rings. The summed E-state index contributed by atoms with van der Waals surface area (Å²) in [5.74, 6) is 1.07. The summed E-state index contributed by atoms with van der Waals surface area (Å²) in [7, 11) is 0. The van der Waals surface area contributed by atoms with E-state index in [-0.39, 0.29) is 24.9 Å². The van der Waals surface area contributed by atoms with Crippen LogP contribution in [0.15, 0.2) is 30.5 Å². The first-order valence-corrected chi connectivity index (χ1v) is 10.4. The van der Waals surface area contributed by atoms with Crippen LogP contribution in [0.2, 0.25) is 0 Å². The van der Waals surface area contributed by atoms with E-state index in [1.165, 1.54) is 6.92 Å². The second-order valence-electron chi connectivity index (χ2n) is 7.90. The fraction of sp³-hybridized carbons (Fsp3) is 0.476. The highest BCUT2D eigenvalue weighted by molar-refractivity contribution is 5.93. The van der Waals surface area contributed by atoms with E-state index in [2.05, 4.69) is 20.5 Å². The van der Waals surface area contributed by atoms with Gasteiger partial charge in [-0.25, -0.2) is 0 Å². The Labute approximate surface area is 177 Å². The average molecular weight is 434 g/mol. The van der Waals surface area contributed by atoms with E-state index in [0.29, 0.717) is 24.9 Å². The molecule has 7 nitrogen and oxygen atoms in total. The van der Waals surface area contributed by atoms with Gasteiger partial charge in [0.05, 0.1) is 0 Å². The third kappa shape index (κ3) is 4.83. The summed E-state index contributed by atoms with van der Waals surface area (Å²) in [5.41, 5.74) is 1.74. The van der Waals surface area contributed by atoms with Gasteiger partial charge in [-0.1, -0.05) is 18.2 Å². The van der Waals surface area contributed by atoms with E-state index in [9.17, 15) is 18.0 Å². The number of fused-ring (bicyclic) bond motifs is 1. The molecule has 0 saturated carbocycles. The molecule has 31 heavy (non-hydrogen) atoms. The summed E-state index contributed by atoms with van der Waals surface area (Å²) in [6.45, 7) is 2.96. The normalized spacial score (nSPS) is 15.5. The van der Waals surface area contributed by atoms with E-state index in [1.807, 2.05) is 35.4 Å². The van der Waals surface area contributed by atoms with E-state index < -0.39 is 12.6 Å². The van der Waals surface area contributed by atoms with Crippen molar-refractivity contribution in [3.63, 3.8) is 0 Å². The molecular weight excluding hydrogens is 409 g/mol.